The summed E-state index contributed by atoms with van der Waals surface area (Å²) in [7, 11) is 0. The van der Waals surface area contributed by atoms with E-state index in [1.165, 1.54) is 23.3 Å². The summed E-state index contributed by atoms with van der Waals surface area (Å²) in [6.45, 7) is 10.7. The fourth-order valence-corrected chi connectivity index (χ4v) is 3.69. The number of ether oxygens (including phenoxy) is 1. The third-order valence-electron chi connectivity index (χ3n) is 5.14. The fraction of sp³-hybridized carbons (Fsp3) is 0.458. The Kier molecular flexibility index (Phi) is 7.40. The lowest BCUT2D eigenvalue weighted by Crippen LogP contribution is -2.49. The van der Waals surface area contributed by atoms with Crippen molar-refractivity contribution in [2.75, 3.05) is 32.8 Å². The second-order valence-electron chi connectivity index (χ2n) is 8.32. The summed E-state index contributed by atoms with van der Waals surface area (Å²) >= 11 is 0. The van der Waals surface area contributed by atoms with E-state index < -0.39 is 0 Å². The van der Waals surface area contributed by atoms with E-state index in [0.717, 1.165) is 19.6 Å². The van der Waals surface area contributed by atoms with Crippen molar-refractivity contribution in [3.8, 4) is 0 Å². The van der Waals surface area contributed by atoms with Gasteiger partial charge in [-0.1, -0.05) is 43.7 Å². The average Bonchev–Trinajstić information content (AvgIpc) is 2.69. The summed E-state index contributed by atoms with van der Waals surface area (Å²) < 4.78 is 19.2. The smallest absolute Gasteiger partial charge is 0.253 e. The minimum absolute atomic E-state index is 0.0302. The van der Waals surface area contributed by atoms with Crippen LogP contribution in [0.15, 0.2) is 48.5 Å². The fourth-order valence-electron chi connectivity index (χ4n) is 3.69. The van der Waals surface area contributed by atoms with Gasteiger partial charge in [0.25, 0.3) is 5.91 Å². The van der Waals surface area contributed by atoms with E-state index in [4.69, 9.17) is 4.74 Å². The lowest BCUT2D eigenvalue weighted by Gasteiger charge is -2.36. The van der Waals surface area contributed by atoms with Crippen molar-refractivity contribution in [2.45, 2.75) is 33.4 Å². The first-order valence-electron chi connectivity index (χ1n) is 10.3. The summed E-state index contributed by atoms with van der Waals surface area (Å²) in [4.78, 5) is 17.2. The number of halogens is 1. The zero-order valence-electron chi connectivity index (χ0n) is 17.6. The maximum atomic E-state index is 13.2. The van der Waals surface area contributed by atoms with Gasteiger partial charge in [-0.2, -0.15) is 0 Å². The summed E-state index contributed by atoms with van der Waals surface area (Å²) in [6, 6.07) is 14.4. The Morgan fingerprint density at radius 3 is 2.52 bits per heavy atom. The Bertz CT molecular complexity index is 790. The number of nitrogens with zero attached hydrogens (tertiary/aromatic N) is 2. The number of carbonyl (C=O) groups excluding carboxylic acids is 1. The third-order valence-corrected chi connectivity index (χ3v) is 5.14. The molecule has 2 aromatic rings. The topological polar surface area (TPSA) is 32.8 Å². The van der Waals surface area contributed by atoms with Gasteiger partial charge in [-0.15, -0.1) is 0 Å². The van der Waals surface area contributed by atoms with Gasteiger partial charge in [0.05, 0.1) is 12.7 Å². The molecule has 1 heterocycles. The molecule has 0 unspecified atom stereocenters. The highest BCUT2D eigenvalue weighted by atomic mass is 19.1. The van der Waals surface area contributed by atoms with Gasteiger partial charge >= 0.3 is 0 Å². The van der Waals surface area contributed by atoms with E-state index in [0.29, 0.717) is 31.2 Å². The lowest BCUT2D eigenvalue weighted by atomic mass is 10.1. The largest absolute Gasteiger partial charge is 0.374 e. The number of rotatable bonds is 7. The second-order valence-corrected chi connectivity index (χ2v) is 8.32. The molecule has 1 amide bonds. The van der Waals surface area contributed by atoms with Gasteiger partial charge in [-0.25, -0.2) is 4.39 Å². The molecule has 0 N–H and O–H groups in total. The van der Waals surface area contributed by atoms with Gasteiger partial charge in [0.2, 0.25) is 0 Å². The molecule has 0 radical (unpaired) electrons. The first kappa shape index (κ1) is 21.5. The highest BCUT2D eigenvalue weighted by Crippen LogP contribution is 2.15. The van der Waals surface area contributed by atoms with Crippen molar-refractivity contribution in [3.63, 3.8) is 0 Å². The monoisotopic (exact) mass is 398 g/mol. The highest BCUT2D eigenvalue weighted by Gasteiger charge is 2.26. The molecule has 0 saturated carbocycles. The quantitative estimate of drug-likeness (QED) is 0.703. The predicted molar refractivity (Wildman–Crippen MR) is 113 cm³/mol. The molecule has 1 saturated heterocycles. The average molecular weight is 399 g/mol. The molecular weight excluding hydrogens is 367 g/mol. The van der Waals surface area contributed by atoms with Gasteiger partial charge in [0.1, 0.15) is 5.82 Å². The predicted octanol–water partition coefficient (Wildman–Crippen LogP) is 4.13. The van der Waals surface area contributed by atoms with Crippen LogP contribution in [0.1, 0.15) is 35.3 Å². The minimum atomic E-state index is -0.334. The maximum Gasteiger partial charge on any atom is 0.253 e. The minimum Gasteiger partial charge on any atom is -0.374 e. The molecule has 4 nitrogen and oxygen atoms in total. The van der Waals surface area contributed by atoms with Crippen molar-refractivity contribution in [2.24, 2.45) is 5.92 Å². The molecule has 0 spiro atoms. The number of hydrogen-bond donors (Lipinski definition) is 0. The first-order chi connectivity index (χ1) is 13.9. The van der Waals surface area contributed by atoms with Crippen molar-refractivity contribution >= 4 is 5.91 Å². The Morgan fingerprint density at radius 2 is 1.86 bits per heavy atom. The first-order valence-corrected chi connectivity index (χ1v) is 10.3. The van der Waals surface area contributed by atoms with Crippen LogP contribution in [-0.4, -0.2) is 54.6 Å². The maximum absolute atomic E-state index is 13.2. The van der Waals surface area contributed by atoms with Gasteiger partial charge in [-0.05, 0) is 42.7 Å². The van der Waals surface area contributed by atoms with E-state index in [2.05, 4.69) is 49.9 Å². The lowest BCUT2D eigenvalue weighted by molar-refractivity contribution is -0.0438. The second kappa shape index (κ2) is 9.99. The molecule has 1 aliphatic rings. The zero-order valence-corrected chi connectivity index (χ0v) is 17.6. The highest BCUT2D eigenvalue weighted by molar-refractivity contribution is 5.94. The Morgan fingerprint density at radius 1 is 1.17 bits per heavy atom. The van der Waals surface area contributed by atoms with Crippen LogP contribution in [0.3, 0.4) is 0 Å². The molecule has 156 valence electrons. The molecule has 3 rings (SSSR count). The van der Waals surface area contributed by atoms with Crippen LogP contribution in [0.5, 0.6) is 0 Å². The van der Waals surface area contributed by atoms with Gasteiger partial charge in [0.15, 0.2) is 0 Å². The molecule has 29 heavy (non-hydrogen) atoms. The standard InChI is InChI=1S/C24H31FN2O2/c1-18(2)14-27(24(28)21-8-10-22(25)11-9-21)17-23-16-26(12-13-29-23)15-20-6-4-19(3)5-7-20/h4-11,18,23H,12-17H2,1-3H3/t23-/m0/s1. The molecule has 1 aliphatic heterocycles. The number of amides is 1. The molecule has 0 bridgehead atoms. The van der Waals surface area contributed by atoms with Crippen LogP contribution in [0.2, 0.25) is 0 Å². The molecule has 0 aliphatic carbocycles. The van der Waals surface area contributed by atoms with Gasteiger partial charge in [-0.3, -0.25) is 9.69 Å². The number of carbonyl (C=O) groups is 1. The van der Waals surface area contributed by atoms with Crippen LogP contribution in [0, 0.1) is 18.7 Å². The van der Waals surface area contributed by atoms with Crippen molar-refractivity contribution in [1.29, 1.82) is 0 Å². The van der Waals surface area contributed by atoms with Crippen LogP contribution in [-0.2, 0) is 11.3 Å². The normalized spacial score (nSPS) is 17.5. The molecule has 0 aromatic heterocycles. The van der Waals surface area contributed by atoms with Crippen LogP contribution in [0.25, 0.3) is 0 Å². The summed E-state index contributed by atoms with van der Waals surface area (Å²) in [5.74, 6) is -0.0658. The Hall–Kier alpha value is -2.24. The van der Waals surface area contributed by atoms with E-state index >= 15 is 0 Å². The number of hydrogen-bond acceptors (Lipinski definition) is 3. The van der Waals surface area contributed by atoms with Crippen molar-refractivity contribution < 1.29 is 13.9 Å². The Labute approximate surface area is 173 Å². The number of morpholine rings is 1. The number of aryl methyl sites for hydroxylation is 1. The molecule has 1 atom stereocenters. The van der Waals surface area contributed by atoms with Crippen LogP contribution >= 0.6 is 0 Å². The molecule has 2 aromatic carbocycles. The van der Waals surface area contributed by atoms with Crippen LogP contribution in [0.4, 0.5) is 4.39 Å². The number of benzene rings is 2. The zero-order chi connectivity index (χ0) is 20.8. The van der Waals surface area contributed by atoms with Gasteiger partial charge in [0, 0.05) is 38.3 Å². The van der Waals surface area contributed by atoms with E-state index in [9.17, 15) is 9.18 Å². The third kappa shape index (κ3) is 6.38. The molecule has 1 fully saturated rings. The summed E-state index contributed by atoms with van der Waals surface area (Å²) in [5.41, 5.74) is 3.06. The molecular formula is C24H31FN2O2. The van der Waals surface area contributed by atoms with E-state index in [1.54, 1.807) is 12.1 Å². The van der Waals surface area contributed by atoms with Crippen molar-refractivity contribution in [3.05, 3.63) is 71.0 Å². The molecule has 5 heteroatoms. The van der Waals surface area contributed by atoms with Crippen molar-refractivity contribution in [1.82, 2.24) is 9.80 Å². The Balaban J connectivity index is 1.64. The van der Waals surface area contributed by atoms with E-state index in [1.807, 2.05) is 4.90 Å². The van der Waals surface area contributed by atoms with E-state index in [-0.39, 0.29) is 17.8 Å². The summed E-state index contributed by atoms with van der Waals surface area (Å²) in [5, 5.41) is 0. The SMILES string of the molecule is Cc1ccc(CN2CCO[C@H](CN(CC(C)C)C(=O)c3ccc(F)cc3)C2)cc1. The summed E-state index contributed by atoms with van der Waals surface area (Å²) in [6.07, 6.45) is -0.0302. The van der Waals surface area contributed by atoms with Gasteiger partial charge < -0.3 is 9.64 Å². The van der Waals surface area contributed by atoms with Crippen LogP contribution < -0.4 is 0 Å².